The first-order valence-electron chi connectivity index (χ1n) is 11.9. The third kappa shape index (κ3) is 5.93. The number of nitrogens with one attached hydrogen (secondary N) is 1. The highest BCUT2D eigenvalue weighted by molar-refractivity contribution is 6.04. The van der Waals surface area contributed by atoms with E-state index in [2.05, 4.69) is 21.4 Å². The van der Waals surface area contributed by atoms with Crippen LogP contribution < -0.4 is 16.0 Å². The van der Waals surface area contributed by atoms with Gasteiger partial charge in [-0.25, -0.2) is 4.98 Å². The first-order chi connectivity index (χ1) is 17.9. The van der Waals surface area contributed by atoms with E-state index in [1.54, 1.807) is 39.1 Å². The Morgan fingerprint density at radius 3 is 2.39 bits per heavy atom. The van der Waals surface area contributed by atoms with Gasteiger partial charge in [0.15, 0.2) is 0 Å². The van der Waals surface area contributed by atoms with E-state index in [0.717, 1.165) is 12.1 Å². The average Bonchev–Trinajstić information content (AvgIpc) is 2.88. The molecule has 1 aromatic carbocycles. The fourth-order valence-electron chi connectivity index (χ4n) is 4.11. The molecule has 0 atom stereocenters. The van der Waals surface area contributed by atoms with E-state index < -0.39 is 23.2 Å². The third-order valence-electron chi connectivity index (χ3n) is 6.22. The molecule has 1 saturated heterocycles. The molecule has 0 aliphatic carbocycles. The molecule has 1 amide bonds. The first-order valence-corrected chi connectivity index (χ1v) is 11.9. The number of nitrogens with zero attached hydrogens (tertiary/aromatic N) is 4. The van der Waals surface area contributed by atoms with Crippen molar-refractivity contribution in [2.24, 2.45) is 5.73 Å². The molecule has 3 aromatic rings. The number of nitriles is 1. The number of morpholine rings is 1. The van der Waals surface area contributed by atoms with E-state index in [1.165, 1.54) is 12.3 Å². The summed E-state index contributed by atoms with van der Waals surface area (Å²) in [5.41, 5.74) is 6.49. The van der Waals surface area contributed by atoms with Crippen molar-refractivity contribution in [3.05, 3.63) is 70.7 Å². The summed E-state index contributed by atoms with van der Waals surface area (Å²) in [6, 6.07) is 8.63. The molecule has 0 radical (unpaired) electrons. The van der Waals surface area contributed by atoms with Crippen molar-refractivity contribution in [3.63, 3.8) is 0 Å². The molecule has 0 spiro atoms. The van der Waals surface area contributed by atoms with Crippen molar-refractivity contribution in [2.45, 2.75) is 32.5 Å². The molecule has 0 bridgehead atoms. The number of carbonyl (C=O) groups is 1. The van der Waals surface area contributed by atoms with E-state index in [-0.39, 0.29) is 16.8 Å². The molecule has 1 aliphatic heterocycles. The van der Waals surface area contributed by atoms with Crippen molar-refractivity contribution in [2.75, 3.05) is 36.5 Å². The van der Waals surface area contributed by atoms with E-state index in [9.17, 15) is 23.2 Å². The number of aromatic nitrogens is 2. The lowest BCUT2D eigenvalue weighted by Gasteiger charge is -2.28. The monoisotopic (exact) mass is 524 g/mol. The summed E-state index contributed by atoms with van der Waals surface area (Å²) in [6.07, 6.45) is -1.60. The topological polar surface area (TPSA) is 117 Å². The summed E-state index contributed by atoms with van der Waals surface area (Å²) >= 11 is 0. The molecule has 198 valence electrons. The number of hydrogen-bond donors (Lipinski definition) is 2. The number of carbonyl (C=O) groups excluding carboxylic acids is 1. The van der Waals surface area contributed by atoms with Crippen LogP contribution in [-0.4, -0.2) is 42.2 Å². The molecule has 38 heavy (non-hydrogen) atoms. The van der Waals surface area contributed by atoms with E-state index >= 15 is 0 Å². The van der Waals surface area contributed by atoms with Crippen LogP contribution in [0.2, 0.25) is 0 Å². The summed E-state index contributed by atoms with van der Waals surface area (Å²) in [5, 5.41) is 12.4. The predicted octanol–water partition coefficient (Wildman–Crippen LogP) is 4.63. The number of aryl methyl sites for hydroxylation is 1. The minimum atomic E-state index is -4.65. The van der Waals surface area contributed by atoms with Crippen molar-refractivity contribution in [3.8, 4) is 17.2 Å². The zero-order valence-electron chi connectivity index (χ0n) is 21.2. The Morgan fingerprint density at radius 2 is 1.76 bits per heavy atom. The van der Waals surface area contributed by atoms with Gasteiger partial charge < -0.3 is 20.7 Å². The highest BCUT2D eigenvalue weighted by Crippen LogP contribution is 2.33. The van der Waals surface area contributed by atoms with Crippen LogP contribution in [0.4, 0.5) is 24.7 Å². The Balaban J connectivity index is 1.65. The average molecular weight is 525 g/mol. The molecular weight excluding hydrogens is 497 g/mol. The lowest BCUT2D eigenvalue weighted by Crippen LogP contribution is -2.37. The number of hydrogen-bond acceptors (Lipinski definition) is 7. The van der Waals surface area contributed by atoms with Gasteiger partial charge in [0.05, 0.1) is 36.2 Å². The predicted molar refractivity (Wildman–Crippen MR) is 137 cm³/mol. The number of nitrogens with two attached hydrogens (primary N) is 1. The number of pyridine rings is 2. The van der Waals surface area contributed by atoms with Crippen LogP contribution in [0.1, 0.15) is 46.6 Å². The quantitative estimate of drug-likeness (QED) is 0.500. The van der Waals surface area contributed by atoms with Gasteiger partial charge in [-0.3, -0.25) is 9.78 Å². The Morgan fingerprint density at radius 1 is 1.08 bits per heavy atom. The van der Waals surface area contributed by atoms with Crippen molar-refractivity contribution in [1.82, 2.24) is 9.97 Å². The van der Waals surface area contributed by atoms with Crippen LogP contribution in [0.5, 0.6) is 0 Å². The SMILES string of the molecule is Cc1ncc(NC(=O)c2cc(C(C)(C)N)cc(C(F)(F)F)c2)cc1-c1cnc(N2CCOCC2)c(C#N)c1. The largest absolute Gasteiger partial charge is 0.416 e. The molecule has 4 rings (SSSR count). The van der Waals surface area contributed by atoms with Gasteiger partial charge in [0.25, 0.3) is 5.91 Å². The van der Waals surface area contributed by atoms with Gasteiger partial charge in [0.1, 0.15) is 11.9 Å². The molecular formula is C27H27F3N6O2. The van der Waals surface area contributed by atoms with Gasteiger partial charge in [-0.05, 0) is 56.7 Å². The number of benzene rings is 1. The number of anilines is 2. The summed E-state index contributed by atoms with van der Waals surface area (Å²) < 4.78 is 45.9. The molecule has 3 N–H and O–H groups in total. The Labute approximate surface area is 218 Å². The minimum Gasteiger partial charge on any atom is -0.378 e. The van der Waals surface area contributed by atoms with Gasteiger partial charge in [0, 0.05) is 47.2 Å². The fraction of sp³-hybridized carbons (Fsp3) is 0.333. The van der Waals surface area contributed by atoms with E-state index in [1.807, 2.05) is 4.90 Å². The molecule has 2 aromatic heterocycles. The standard InChI is InChI=1S/C27H27F3N6O2/c1-16-23(19-8-18(13-31)24(34-14-19)36-4-6-38-7-5-36)12-22(15-33-16)35-25(37)17-9-20(26(2,3)32)11-21(10-17)27(28,29)30/h8-12,14-15H,4-7,32H2,1-3H3,(H,35,37). The highest BCUT2D eigenvalue weighted by Gasteiger charge is 2.33. The van der Waals surface area contributed by atoms with Crippen LogP contribution in [0.15, 0.2) is 42.7 Å². The molecule has 1 fully saturated rings. The van der Waals surface area contributed by atoms with Gasteiger partial charge in [-0.15, -0.1) is 0 Å². The summed E-state index contributed by atoms with van der Waals surface area (Å²) in [4.78, 5) is 23.8. The lowest BCUT2D eigenvalue weighted by atomic mass is 9.91. The van der Waals surface area contributed by atoms with Crippen molar-refractivity contribution >= 4 is 17.4 Å². The number of amides is 1. The second-order valence-electron chi connectivity index (χ2n) is 9.64. The van der Waals surface area contributed by atoms with Crippen LogP contribution >= 0.6 is 0 Å². The van der Waals surface area contributed by atoms with E-state index in [4.69, 9.17) is 10.5 Å². The molecule has 8 nitrogen and oxygen atoms in total. The Hall–Kier alpha value is -4.01. The maximum absolute atomic E-state index is 13.5. The van der Waals surface area contributed by atoms with Gasteiger partial charge >= 0.3 is 6.18 Å². The van der Waals surface area contributed by atoms with Crippen LogP contribution in [0.3, 0.4) is 0 Å². The minimum absolute atomic E-state index is 0.177. The van der Waals surface area contributed by atoms with Gasteiger partial charge in [-0.1, -0.05) is 0 Å². The molecule has 11 heteroatoms. The molecule has 1 aliphatic rings. The normalized spacial score (nSPS) is 14.2. The number of alkyl halides is 3. The van der Waals surface area contributed by atoms with Crippen LogP contribution in [0, 0.1) is 18.3 Å². The van der Waals surface area contributed by atoms with Gasteiger partial charge in [0.2, 0.25) is 0 Å². The number of rotatable bonds is 5. The molecule has 3 heterocycles. The lowest BCUT2D eigenvalue weighted by molar-refractivity contribution is -0.137. The highest BCUT2D eigenvalue weighted by atomic mass is 19.4. The van der Waals surface area contributed by atoms with Crippen LogP contribution in [-0.2, 0) is 16.5 Å². The summed E-state index contributed by atoms with van der Waals surface area (Å²) in [5.74, 6) is -0.172. The fourth-order valence-corrected chi connectivity index (χ4v) is 4.11. The van der Waals surface area contributed by atoms with Gasteiger partial charge in [-0.2, -0.15) is 18.4 Å². The Bertz CT molecular complexity index is 1370. The van der Waals surface area contributed by atoms with Crippen molar-refractivity contribution < 1.29 is 22.7 Å². The maximum atomic E-state index is 13.5. The second kappa shape index (κ2) is 10.4. The zero-order valence-corrected chi connectivity index (χ0v) is 21.2. The third-order valence-corrected chi connectivity index (χ3v) is 6.22. The molecule has 0 unspecified atom stereocenters. The maximum Gasteiger partial charge on any atom is 0.416 e. The van der Waals surface area contributed by atoms with Crippen molar-refractivity contribution in [1.29, 1.82) is 5.26 Å². The zero-order chi connectivity index (χ0) is 27.7. The van der Waals surface area contributed by atoms with E-state index in [0.29, 0.717) is 54.5 Å². The smallest absolute Gasteiger partial charge is 0.378 e. The second-order valence-corrected chi connectivity index (χ2v) is 9.64. The summed E-state index contributed by atoms with van der Waals surface area (Å²) in [7, 11) is 0. The number of ether oxygens (including phenoxy) is 1. The number of halogens is 3. The Kier molecular flexibility index (Phi) is 7.40. The molecule has 0 saturated carbocycles. The van der Waals surface area contributed by atoms with Crippen LogP contribution in [0.25, 0.3) is 11.1 Å². The first kappa shape index (κ1) is 27.0. The summed E-state index contributed by atoms with van der Waals surface area (Å²) in [6.45, 7) is 7.25.